The molecule has 0 fully saturated rings. The molecule has 0 saturated carbocycles. The van der Waals surface area contributed by atoms with Gasteiger partial charge < -0.3 is 4.74 Å². The molecule has 0 heterocycles. The van der Waals surface area contributed by atoms with Crippen LogP contribution in [0.25, 0.3) is 0 Å². The molecule has 3 rings (SSSR count). The van der Waals surface area contributed by atoms with E-state index < -0.39 is 22.4 Å². The summed E-state index contributed by atoms with van der Waals surface area (Å²) in [4.78, 5) is 0.125. The van der Waals surface area contributed by atoms with Gasteiger partial charge in [-0.05, 0) is 55.2 Å². The molecule has 0 spiro atoms. The second-order valence-electron chi connectivity index (χ2n) is 7.13. The number of hydrogen-bond acceptors (Lipinski definition) is 3. The zero-order valence-corrected chi connectivity index (χ0v) is 17.6. The Morgan fingerprint density at radius 1 is 0.903 bits per heavy atom. The van der Waals surface area contributed by atoms with E-state index in [0.29, 0.717) is 18.4 Å². The predicted octanol–water partition coefficient (Wildman–Crippen LogP) is 5.55. The molecule has 0 aromatic heterocycles. The van der Waals surface area contributed by atoms with E-state index in [0.717, 1.165) is 11.1 Å². The summed E-state index contributed by atoms with van der Waals surface area (Å²) in [5.74, 6) is -0.362. The summed E-state index contributed by atoms with van der Waals surface area (Å²) in [6, 6.07) is 20.6. The van der Waals surface area contributed by atoms with Crippen molar-refractivity contribution in [2.75, 3.05) is 0 Å². The fourth-order valence-corrected chi connectivity index (χ4v) is 4.38. The molecule has 3 aromatic carbocycles. The van der Waals surface area contributed by atoms with Crippen LogP contribution in [-0.4, -0.2) is 14.8 Å². The molecule has 4 nitrogen and oxygen atoms in total. The standard InChI is InChI=1S/C23H22F3NO3S/c1-17-7-14-21(15-8-17)31(28,29)27-22(16-9-18-5-3-2-4-6-18)19-10-12-20(13-11-19)30-23(24,25)26/h2-8,10-15,22,27H,9,16H2,1H3. The van der Waals surface area contributed by atoms with Crippen molar-refractivity contribution in [1.29, 1.82) is 0 Å². The Morgan fingerprint density at radius 2 is 1.52 bits per heavy atom. The summed E-state index contributed by atoms with van der Waals surface area (Å²) in [6.07, 6.45) is -3.78. The predicted molar refractivity (Wildman–Crippen MR) is 112 cm³/mol. The SMILES string of the molecule is Cc1ccc(S(=O)(=O)NC(CCc2ccccc2)c2ccc(OC(F)(F)F)cc2)cc1. The van der Waals surface area contributed by atoms with Crippen molar-refractivity contribution in [3.05, 3.63) is 95.6 Å². The average Bonchev–Trinajstić information content (AvgIpc) is 2.72. The van der Waals surface area contributed by atoms with Gasteiger partial charge in [-0.25, -0.2) is 13.1 Å². The quantitative estimate of drug-likeness (QED) is 0.491. The van der Waals surface area contributed by atoms with Crippen molar-refractivity contribution >= 4 is 10.0 Å². The molecular formula is C23H22F3NO3S. The number of halogens is 3. The molecule has 31 heavy (non-hydrogen) atoms. The maximum Gasteiger partial charge on any atom is 0.573 e. The van der Waals surface area contributed by atoms with E-state index >= 15 is 0 Å². The molecular weight excluding hydrogens is 427 g/mol. The molecule has 8 heteroatoms. The van der Waals surface area contributed by atoms with Crippen LogP contribution in [0.1, 0.15) is 29.2 Å². The largest absolute Gasteiger partial charge is 0.573 e. The third-order valence-electron chi connectivity index (χ3n) is 4.71. The van der Waals surface area contributed by atoms with Crippen molar-refractivity contribution in [2.24, 2.45) is 0 Å². The molecule has 0 aliphatic carbocycles. The van der Waals surface area contributed by atoms with Gasteiger partial charge in [-0.1, -0.05) is 60.2 Å². The third kappa shape index (κ3) is 6.83. The number of aryl methyl sites for hydroxylation is 2. The first-order valence-electron chi connectivity index (χ1n) is 9.61. The van der Waals surface area contributed by atoms with Crippen molar-refractivity contribution in [2.45, 2.75) is 37.1 Å². The first kappa shape index (κ1) is 22.8. The second kappa shape index (κ2) is 9.53. The van der Waals surface area contributed by atoms with Crippen LogP contribution in [-0.2, 0) is 16.4 Å². The molecule has 1 unspecified atom stereocenters. The van der Waals surface area contributed by atoms with Gasteiger partial charge in [-0.2, -0.15) is 0 Å². The first-order chi connectivity index (χ1) is 14.6. The Labute approximate surface area is 179 Å². The van der Waals surface area contributed by atoms with E-state index in [-0.39, 0.29) is 10.6 Å². The van der Waals surface area contributed by atoms with Gasteiger partial charge in [0.05, 0.1) is 4.90 Å². The molecule has 0 saturated heterocycles. The van der Waals surface area contributed by atoms with E-state index in [1.54, 1.807) is 12.1 Å². The summed E-state index contributed by atoms with van der Waals surface area (Å²) in [5.41, 5.74) is 2.50. The monoisotopic (exact) mass is 449 g/mol. The van der Waals surface area contributed by atoms with Crippen LogP contribution in [0.2, 0.25) is 0 Å². The van der Waals surface area contributed by atoms with Crippen molar-refractivity contribution in [1.82, 2.24) is 4.72 Å². The second-order valence-corrected chi connectivity index (χ2v) is 8.84. The van der Waals surface area contributed by atoms with Gasteiger partial charge in [0.2, 0.25) is 10.0 Å². The zero-order valence-electron chi connectivity index (χ0n) is 16.8. The highest BCUT2D eigenvalue weighted by atomic mass is 32.2. The lowest BCUT2D eigenvalue weighted by Crippen LogP contribution is -2.29. The zero-order chi connectivity index (χ0) is 22.5. The van der Waals surface area contributed by atoms with Gasteiger partial charge in [0.15, 0.2) is 0 Å². The summed E-state index contributed by atoms with van der Waals surface area (Å²) in [5, 5.41) is 0. The van der Waals surface area contributed by atoms with Crippen molar-refractivity contribution in [3.8, 4) is 5.75 Å². The third-order valence-corrected chi connectivity index (χ3v) is 6.20. The topological polar surface area (TPSA) is 55.4 Å². The Hall–Kier alpha value is -2.84. The molecule has 3 aromatic rings. The highest BCUT2D eigenvalue weighted by Crippen LogP contribution is 2.27. The van der Waals surface area contributed by atoms with Crippen LogP contribution in [0.3, 0.4) is 0 Å². The smallest absolute Gasteiger partial charge is 0.406 e. The first-order valence-corrected chi connectivity index (χ1v) is 11.1. The van der Waals surface area contributed by atoms with Crippen LogP contribution in [0.15, 0.2) is 83.8 Å². The minimum atomic E-state index is -4.79. The van der Waals surface area contributed by atoms with Crippen LogP contribution >= 0.6 is 0 Å². The van der Waals surface area contributed by atoms with E-state index in [9.17, 15) is 21.6 Å². The summed E-state index contributed by atoms with van der Waals surface area (Å²) >= 11 is 0. The summed E-state index contributed by atoms with van der Waals surface area (Å²) < 4.78 is 69.7. The highest BCUT2D eigenvalue weighted by molar-refractivity contribution is 7.89. The van der Waals surface area contributed by atoms with Crippen molar-refractivity contribution in [3.63, 3.8) is 0 Å². The van der Waals surface area contributed by atoms with Crippen LogP contribution in [0, 0.1) is 6.92 Å². The van der Waals surface area contributed by atoms with Gasteiger partial charge in [0.25, 0.3) is 0 Å². The number of sulfonamides is 1. The average molecular weight is 449 g/mol. The Kier molecular flexibility index (Phi) is 7.02. The van der Waals surface area contributed by atoms with Gasteiger partial charge in [-0.3, -0.25) is 0 Å². The van der Waals surface area contributed by atoms with Crippen LogP contribution in [0.4, 0.5) is 13.2 Å². The lowest BCUT2D eigenvalue weighted by molar-refractivity contribution is -0.274. The lowest BCUT2D eigenvalue weighted by atomic mass is 10.00. The number of alkyl halides is 3. The molecule has 0 amide bonds. The number of nitrogens with one attached hydrogen (secondary N) is 1. The number of hydrogen-bond donors (Lipinski definition) is 1. The molecule has 0 bridgehead atoms. The van der Waals surface area contributed by atoms with Gasteiger partial charge in [-0.15, -0.1) is 13.2 Å². The molecule has 164 valence electrons. The Balaban J connectivity index is 1.84. The maximum atomic E-state index is 12.9. The summed E-state index contributed by atoms with van der Waals surface area (Å²) in [7, 11) is -3.83. The Bertz CT molecular complexity index is 1080. The molecule has 0 aliphatic rings. The van der Waals surface area contributed by atoms with E-state index in [1.807, 2.05) is 37.3 Å². The van der Waals surface area contributed by atoms with Crippen LogP contribution < -0.4 is 9.46 Å². The molecule has 0 aliphatic heterocycles. The number of benzene rings is 3. The summed E-state index contributed by atoms with van der Waals surface area (Å²) in [6.45, 7) is 1.86. The van der Waals surface area contributed by atoms with Crippen LogP contribution in [0.5, 0.6) is 5.75 Å². The number of rotatable bonds is 8. The van der Waals surface area contributed by atoms with E-state index in [2.05, 4.69) is 9.46 Å². The number of ether oxygens (including phenoxy) is 1. The highest BCUT2D eigenvalue weighted by Gasteiger charge is 2.31. The lowest BCUT2D eigenvalue weighted by Gasteiger charge is -2.20. The normalized spacial score (nSPS) is 13.0. The van der Waals surface area contributed by atoms with Crippen molar-refractivity contribution < 1.29 is 26.3 Å². The van der Waals surface area contributed by atoms with E-state index in [1.165, 1.54) is 36.4 Å². The van der Waals surface area contributed by atoms with Gasteiger partial charge in [0.1, 0.15) is 5.75 Å². The molecule has 1 N–H and O–H groups in total. The maximum absolute atomic E-state index is 12.9. The van der Waals surface area contributed by atoms with Gasteiger partial charge >= 0.3 is 6.36 Å². The minimum absolute atomic E-state index is 0.125. The molecule has 0 radical (unpaired) electrons. The Morgan fingerprint density at radius 3 is 2.10 bits per heavy atom. The minimum Gasteiger partial charge on any atom is -0.406 e. The molecule has 1 atom stereocenters. The fraction of sp³-hybridized carbons (Fsp3) is 0.217. The van der Waals surface area contributed by atoms with E-state index in [4.69, 9.17) is 0 Å². The van der Waals surface area contributed by atoms with Gasteiger partial charge in [0, 0.05) is 6.04 Å². The fourth-order valence-electron chi connectivity index (χ4n) is 3.12.